The van der Waals surface area contributed by atoms with Crippen LogP contribution < -0.4 is 5.32 Å². The van der Waals surface area contributed by atoms with Crippen molar-refractivity contribution in [3.05, 3.63) is 18.0 Å². The number of carbonyl (C=O) groups is 1. The van der Waals surface area contributed by atoms with E-state index in [1.165, 1.54) is 0 Å². The number of piperidine rings is 1. The van der Waals surface area contributed by atoms with Crippen molar-refractivity contribution in [1.29, 1.82) is 0 Å². The van der Waals surface area contributed by atoms with Crippen LogP contribution in [0, 0.1) is 0 Å². The van der Waals surface area contributed by atoms with Gasteiger partial charge in [-0.1, -0.05) is 0 Å². The van der Waals surface area contributed by atoms with Crippen molar-refractivity contribution in [1.82, 2.24) is 20.4 Å². The van der Waals surface area contributed by atoms with Crippen LogP contribution in [0.15, 0.2) is 12.4 Å². The molecule has 16 heavy (non-hydrogen) atoms. The lowest BCUT2D eigenvalue weighted by Crippen LogP contribution is -2.45. The molecule has 1 saturated heterocycles. The molecule has 0 bridgehead atoms. The molecule has 2 heterocycles. The molecule has 1 aromatic heterocycles. The third-order valence-corrected chi connectivity index (χ3v) is 3.10. The van der Waals surface area contributed by atoms with Crippen molar-refractivity contribution < 1.29 is 4.79 Å². The van der Waals surface area contributed by atoms with E-state index in [9.17, 15) is 4.79 Å². The minimum atomic E-state index is 0.0863. The average Bonchev–Trinajstić information content (AvgIpc) is 2.85. The van der Waals surface area contributed by atoms with E-state index in [1.807, 2.05) is 11.8 Å². The first-order valence-corrected chi connectivity index (χ1v) is 5.83. The fraction of sp³-hybridized carbons (Fsp3) is 0.636. The number of carbonyl (C=O) groups excluding carboxylic acids is 1. The molecule has 1 aliphatic heterocycles. The van der Waals surface area contributed by atoms with Gasteiger partial charge in [-0.05, 0) is 32.9 Å². The van der Waals surface area contributed by atoms with Gasteiger partial charge in [0.2, 0.25) is 0 Å². The van der Waals surface area contributed by atoms with Gasteiger partial charge in [0.25, 0.3) is 5.91 Å². The van der Waals surface area contributed by atoms with Crippen LogP contribution in [0.5, 0.6) is 0 Å². The number of hydrogen-bond donors (Lipinski definition) is 2. The maximum absolute atomic E-state index is 12.2. The van der Waals surface area contributed by atoms with Crippen molar-refractivity contribution in [3.63, 3.8) is 0 Å². The molecule has 0 aliphatic carbocycles. The Labute approximate surface area is 95.2 Å². The molecule has 2 N–H and O–H groups in total. The first kappa shape index (κ1) is 11.1. The minimum absolute atomic E-state index is 0.0863. The Hall–Kier alpha value is -1.36. The number of rotatable bonds is 3. The van der Waals surface area contributed by atoms with E-state index < -0.39 is 0 Å². The number of aromatic nitrogens is 2. The lowest BCUT2D eigenvalue weighted by molar-refractivity contribution is 0.0656. The summed E-state index contributed by atoms with van der Waals surface area (Å²) in [6.07, 6.45) is 5.33. The van der Waals surface area contributed by atoms with Gasteiger partial charge in [-0.15, -0.1) is 0 Å². The van der Waals surface area contributed by atoms with Crippen molar-refractivity contribution in [2.75, 3.05) is 19.6 Å². The standard InChI is InChI=1S/C11H18N4O/c1-2-15(10-3-5-12-6-4-10)11(16)9-7-13-14-8-9/h7-8,10,12H,2-6H2,1H3,(H,13,14). The summed E-state index contributed by atoms with van der Waals surface area (Å²) < 4.78 is 0. The van der Waals surface area contributed by atoms with Crippen molar-refractivity contribution in [3.8, 4) is 0 Å². The highest BCUT2D eigenvalue weighted by atomic mass is 16.2. The Morgan fingerprint density at radius 1 is 1.56 bits per heavy atom. The zero-order valence-electron chi connectivity index (χ0n) is 9.57. The highest BCUT2D eigenvalue weighted by Gasteiger charge is 2.25. The average molecular weight is 222 g/mol. The second kappa shape index (κ2) is 5.12. The molecule has 0 unspecified atom stereocenters. The topological polar surface area (TPSA) is 61.0 Å². The molecule has 1 fully saturated rings. The van der Waals surface area contributed by atoms with Gasteiger partial charge in [0.15, 0.2) is 0 Å². The third kappa shape index (κ3) is 2.24. The normalized spacial score (nSPS) is 17.3. The summed E-state index contributed by atoms with van der Waals surface area (Å²) in [4.78, 5) is 14.1. The first-order valence-electron chi connectivity index (χ1n) is 5.83. The Kier molecular flexibility index (Phi) is 3.56. The van der Waals surface area contributed by atoms with E-state index in [0.717, 1.165) is 32.5 Å². The molecular formula is C11H18N4O. The van der Waals surface area contributed by atoms with Crippen LogP contribution in [0.3, 0.4) is 0 Å². The van der Waals surface area contributed by atoms with Gasteiger partial charge in [-0.25, -0.2) is 0 Å². The van der Waals surface area contributed by atoms with Crippen LogP contribution in [0.4, 0.5) is 0 Å². The molecule has 1 amide bonds. The highest BCUT2D eigenvalue weighted by Crippen LogP contribution is 2.14. The molecule has 88 valence electrons. The van der Waals surface area contributed by atoms with Gasteiger partial charge in [0.05, 0.1) is 11.8 Å². The van der Waals surface area contributed by atoms with E-state index in [1.54, 1.807) is 12.4 Å². The predicted molar refractivity (Wildman–Crippen MR) is 61.2 cm³/mol. The van der Waals surface area contributed by atoms with Crippen LogP contribution in [0.25, 0.3) is 0 Å². The molecule has 5 heteroatoms. The molecule has 1 aromatic rings. The van der Waals surface area contributed by atoms with Gasteiger partial charge in [0.1, 0.15) is 0 Å². The van der Waals surface area contributed by atoms with Gasteiger partial charge in [-0.3, -0.25) is 9.89 Å². The zero-order chi connectivity index (χ0) is 11.4. The summed E-state index contributed by atoms with van der Waals surface area (Å²) in [6, 6.07) is 0.369. The first-order chi connectivity index (χ1) is 7.83. The Bertz CT molecular complexity index is 330. The maximum atomic E-state index is 12.2. The molecule has 0 spiro atoms. The second-order valence-corrected chi connectivity index (χ2v) is 4.06. The Morgan fingerprint density at radius 3 is 2.88 bits per heavy atom. The minimum Gasteiger partial charge on any atom is -0.336 e. The smallest absolute Gasteiger partial charge is 0.257 e. The van der Waals surface area contributed by atoms with Crippen LogP contribution in [0.1, 0.15) is 30.1 Å². The SMILES string of the molecule is CCN(C(=O)c1cn[nH]c1)C1CCNCC1. The highest BCUT2D eigenvalue weighted by molar-refractivity contribution is 5.93. The summed E-state index contributed by atoms with van der Waals surface area (Å²) in [7, 11) is 0. The molecule has 0 saturated carbocycles. The van der Waals surface area contributed by atoms with Crippen LogP contribution in [-0.4, -0.2) is 46.7 Å². The Morgan fingerprint density at radius 2 is 2.31 bits per heavy atom. The number of aromatic amines is 1. The monoisotopic (exact) mass is 222 g/mol. The van der Waals surface area contributed by atoms with E-state index in [4.69, 9.17) is 0 Å². The molecule has 0 radical (unpaired) electrons. The zero-order valence-corrected chi connectivity index (χ0v) is 9.57. The van der Waals surface area contributed by atoms with Crippen LogP contribution >= 0.6 is 0 Å². The van der Waals surface area contributed by atoms with E-state index in [0.29, 0.717) is 11.6 Å². The number of nitrogens with zero attached hydrogens (tertiary/aromatic N) is 2. The predicted octanol–water partition coefficient (Wildman–Crippen LogP) is 0.624. The summed E-state index contributed by atoms with van der Waals surface area (Å²) >= 11 is 0. The fourth-order valence-electron chi connectivity index (χ4n) is 2.22. The van der Waals surface area contributed by atoms with E-state index in [2.05, 4.69) is 15.5 Å². The third-order valence-electron chi connectivity index (χ3n) is 3.10. The van der Waals surface area contributed by atoms with E-state index >= 15 is 0 Å². The van der Waals surface area contributed by atoms with Crippen molar-refractivity contribution in [2.24, 2.45) is 0 Å². The molecule has 5 nitrogen and oxygen atoms in total. The summed E-state index contributed by atoms with van der Waals surface area (Å²) in [5, 5.41) is 9.81. The van der Waals surface area contributed by atoms with Gasteiger partial charge in [-0.2, -0.15) is 5.10 Å². The number of hydrogen-bond acceptors (Lipinski definition) is 3. The fourth-order valence-corrected chi connectivity index (χ4v) is 2.22. The van der Waals surface area contributed by atoms with Gasteiger partial charge >= 0.3 is 0 Å². The molecule has 0 atom stereocenters. The summed E-state index contributed by atoms with van der Waals surface area (Å²) in [5.74, 6) is 0.0863. The second-order valence-electron chi connectivity index (χ2n) is 4.06. The molecule has 2 rings (SSSR count). The number of amides is 1. The van der Waals surface area contributed by atoms with Crippen molar-refractivity contribution in [2.45, 2.75) is 25.8 Å². The number of H-pyrrole nitrogens is 1. The van der Waals surface area contributed by atoms with Crippen molar-refractivity contribution >= 4 is 5.91 Å². The Balaban J connectivity index is 2.06. The lowest BCUT2D eigenvalue weighted by atomic mass is 10.0. The maximum Gasteiger partial charge on any atom is 0.257 e. The largest absolute Gasteiger partial charge is 0.336 e. The summed E-state index contributed by atoms with van der Waals surface area (Å²) in [5.41, 5.74) is 0.653. The molecular weight excluding hydrogens is 204 g/mol. The number of nitrogens with one attached hydrogen (secondary N) is 2. The quantitative estimate of drug-likeness (QED) is 0.788. The summed E-state index contributed by atoms with van der Waals surface area (Å²) in [6.45, 7) is 4.79. The van der Waals surface area contributed by atoms with Crippen LogP contribution in [0.2, 0.25) is 0 Å². The van der Waals surface area contributed by atoms with Gasteiger partial charge in [0, 0.05) is 18.8 Å². The molecule has 1 aliphatic rings. The van der Waals surface area contributed by atoms with Gasteiger partial charge < -0.3 is 10.2 Å². The van der Waals surface area contributed by atoms with Crippen LogP contribution in [-0.2, 0) is 0 Å². The lowest BCUT2D eigenvalue weighted by Gasteiger charge is -2.33. The molecule has 0 aromatic carbocycles. The van der Waals surface area contributed by atoms with E-state index in [-0.39, 0.29) is 5.91 Å².